The second-order valence-electron chi connectivity index (χ2n) is 7.83. The van der Waals surface area contributed by atoms with Gasteiger partial charge >= 0.3 is 0 Å². The highest BCUT2D eigenvalue weighted by atomic mass is 32.2. The van der Waals surface area contributed by atoms with E-state index >= 15 is 0 Å². The molecule has 3 rings (SSSR count). The van der Waals surface area contributed by atoms with Gasteiger partial charge in [0.1, 0.15) is 0 Å². The molecule has 0 bridgehead atoms. The van der Waals surface area contributed by atoms with Crippen molar-refractivity contribution in [3.8, 4) is 5.75 Å². The number of piperazine rings is 1. The van der Waals surface area contributed by atoms with Gasteiger partial charge in [0.15, 0.2) is 21.4 Å². The van der Waals surface area contributed by atoms with Crippen LogP contribution in [0.4, 0.5) is 4.39 Å². The Morgan fingerprint density at radius 3 is 2.45 bits per heavy atom. The molecule has 2 aliphatic rings. The molecule has 0 unspecified atom stereocenters. The smallest absolute Gasteiger partial charge is 0.233 e. The molecule has 8 nitrogen and oxygen atoms in total. The second kappa shape index (κ2) is 9.17. The van der Waals surface area contributed by atoms with Crippen LogP contribution >= 0.6 is 0 Å². The van der Waals surface area contributed by atoms with Gasteiger partial charge in [0, 0.05) is 38.5 Å². The molecular formula is C19H29FN4O4S. The fourth-order valence-electron chi connectivity index (χ4n) is 4.09. The molecule has 10 heteroatoms. The lowest BCUT2D eigenvalue weighted by atomic mass is 9.85. The molecule has 1 aromatic rings. The minimum absolute atomic E-state index is 0.0463. The number of hydrogen-bond acceptors (Lipinski definition) is 6. The summed E-state index contributed by atoms with van der Waals surface area (Å²) >= 11 is 0. The van der Waals surface area contributed by atoms with E-state index in [1.54, 1.807) is 0 Å². The summed E-state index contributed by atoms with van der Waals surface area (Å²) in [6.07, 6.45) is 5.19. The third kappa shape index (κ3) is 5.51. The van der Waals surface area contributed by atoms with Gasteiger partial charge in [-0.05, 0) is 49.8 Å². The molecule has 1 aliphatic heterocycles. The van der Waals surface area contributed by atoms with E-state index in [1.807, 2.05) is 4.90 Å². The summed E-state index contributed by atoms with van der Waals surface area (Å²) in [6, 6.07) is 4.29. The lowest BCUT2D eigenvalue weighted by Crippen LogP contribution is -2.54. The van der Waals surface area contributed by atoms with Gasteiger partial charge in [-0.15, -0.1) is 0 Å². The Hall–Kier alpha value is -2.07. The Bertz CT molecular complexity index is 833. The van der Waals surface area contributed by atoms with Crippen molar-refractivity contribution >= 4 is 15.8 Å². The first-order chi connectivity index (χ1) is 13.8. The van der Waals surface area contributed by atoms with E-state index in [0.29, 0.717) is 18.6 Å². The maximum atomic E-state index is 14.1. The number of sulfone groups is 1. The number of nitrogens with two attached hydrogens (primary N) is 1. The molecule has 29 heavy (non-hydrogen) atoms. The average Bonchev–Trinajstić information content (AvgIpc) is 2.72. The lowest BCUT2D eigenvalue weighted by molar-refractivity contribution is 0.0829. The first-order valence-electron chi connectivity index (χ1n) is 9.87. The molecule has 1 heterocycles. The van der Waals surface area contributed by atoms with E-state index in [1.165, 1.54) is 12.1 Å². The van der Waals surface area contributed by atoms with Gasteiger partial charge in [0.2, 0.25) is 5.96 Å². The van der Waals surface area contributed by atoms with Gasteiger partial charge in [0.05, 0.1) is 11.5 Å². The third-order valence-corrected chi connectivity index (χ3v) is 6.99. The Labute approximate surface area is 171 Å². The molecule has 1 saturated carbocycles. The molecule has 0 atom stereocenters. The molecular weight excluding hydrogens is 399 g/mol. The van der Waals surface area contributed by atoms with Gasteiger partial charge < -0.3 is 20.6 Å². The summed E-state index contributed by atoms with van der Waals surface area (Å²) in [4.78, 5) is 4.29. The quantitative estimate of drug-likeness (QED) is 0.317. The summed E-state index contributed by atoms with van der Waals surface area (Å²) in [7, 11) is -3.43. The second-order valence-corrected chi connectivity index (χ2v) is 9.85. The number of oxime groups is 1. The topological polar surface area (TPSA) is 108 Å². The first kappa shape index (κ1) is 21.6. The van der Waals surface area contributed by atoms with Crippen LogP contribution in [0.3, 0.4) is 0 Å². The monoisotopic (exact) mass is 428 g/mol. The number of halogens is 1. The van der Waals surface area contributed by atoms with Crippen molar-refractivity contribution in [2.24, 2.45) is 16.8 Å². The SMILES string of the molecule is CS(=O)(=O)c1ccc(OC[C@H]2CC[C@H](N3CCN(C(N)=NO)CC3)CC2)c(F)c1. The van der Waals surface area contributed by atoms with Crippen LogP contribution in [0.1, 0.15) is 25.7 Å². The number of guanidine groups is 1. The molecule has 0 aromatic heterocycles. The molecule has 0 spiro atoms. The molecule has 1 aromatic carbocycles. The summed E-state index contributed by atoms with van der Waals surface area (Å²) in [5.41, 5.74) is 5.65. The standard InChI is InChI=1S/C19H29FN4O4S/c1-29(26,27)16-6-7-18(17(20)12-16)28-13-14-2-4-15(5-3-14)23-8-10-24(11-9-23)19(21)22-25/h6-7,12,14-15,25H,2-5,8-11,13H2,1H3,(H2,21,22)/t14-,15-. The number of benzene rings is 1. The van der Waals surface area contributed by atoms with Crippen molar-refractivity contribution in [1.29, 1.82) is 0 Å². The van der Waals surface area contributed by atoms with E-state index in [4.69, 9.17) is 15.7 Å². The van der Waals surface area contributed by atoms with Crippen LogP contribution in [0.5, 0.6) is 5.75 Å². The Morgan fingerprint density at radius 2 is 1.90 bits per heavy atom. The third-order valence-electron chi connectivity index (χ3n) is 5.88. The minimum atomic E-state index is -3.43. The van der Waals surface area contributed by atoms with E-state index < -0.39 is 15.7 Å². The zero-order valence-electron chi connectivity index (χ0n) is 16.6. The normalized spacial score (nSPS) is 24.5. The van der Waals surface area contributed by atoms with E-state index in [9.17, 15) is 12.8 Å². The molecule has 3 N–H and O–H groups in total. The summed E-state index contributed by atoms with van der Waals surface area (Å²) in [5.74, 6) is -0.0232. The van der Waals surface area contributed by atoms with Crippen LogP contribution in [0.25, 0.3) is 0 Å². The van der Waals surface area contributed by atoms with E-state index in [2.05, 4.69) is 10.1 Å². The summed E-state index contributed by atoms with van der Waals surface area (Å²) in [5, 5.41) is 11.8. The van der Waals surface area contributed by atoms with Crippen molar-refractivity contribution < 1.29 is 22.8 Å². The van der Waals surface area contributed by atoms with Crippen LogP contribution in [0.2, 0.25) is 0 Å². The first-order valence-corrected chi connectivity index (χ1v) is 11.8. The van der Waals surface area contributed by atoms with Crippen molar-refractivity contribution in [3.63, 3.8) is 0 Å². The van der Waals surface area contributed by atoms with Gasteiger partial charge in [-0.2, -0.15) is 0 Å². The highest BCUT2D eigenvalue weighted by Crippen LogP contribution is 2.29. The molecule has 0 radical (unpaired) electrons. The predicted octanol–water partition coefficient (Wildman–Crippen LogP) is 1.49. The van der Waals surface area contributed by atoms with Crippen molar-refractivity contribution in [2.45, 2.75) is 36.6 Å². The molecule has 1 aliphatic carbocycles. The number of rotatable bonds is 5. The summed E-state index contributed by atoms with van der Waals surface area (Å²) in [6.45, 7) is 3.71. The molecule has 162 valence electrons. The molecule has 1 saturated heterocycles. The van der Waals surface area contributed by atoms with E-state index in [0.717, 1.165) is 64.2 Å². The lowest BCUT2D eigenvalue weighted by Gasteiger charge is -2.42. The number of ether oxygens (including phenoxy) is 1. The maximum Gasteiger partial charge on any atom is 0.233 e. The predicted molar refractivity (Wildman–Crippen MR) is 107 cm³/mol. The zero-order chi connectivity index (χ0) is 21.0. The Balaban J connectivity index is 1.44. The maximum absolute atomic E-state index is 14.1. The van der Waals surface area contributed by atoms with Crippen molar-refractivity contribution in [1.82, 2.24) is 9.80 Å². The van der Waals surface area contributed by atoms with Gasteiger partial charge in [0.25, 0.3) is 0 Å². The van der Waals surface area contributed by atoms with Gasteiger partial charge in [-0.1, -0.05) is 5.16 Å². The summed E-state index contributed by atoms with van der Waals surface area (Å²) < 4.78 is 42.7. The van der Waals surface area contributed by atoms with Crippen LogP contribution in [0, 0.1) is 11.7 Å². The van der Waals surface area contributed by atoms with Crippen LogP contribution in [-0.4, -0.2) is 74.5 Å². The van der Waals surface area contributed by atoms with Gasteiger partial charge in [-0.3, -0.25) is 4.90 Å². The molecule has 0 amide bonds. The zero-order valence-corrected chi connectivity index (χ0v) is 17.4. The Morgan fingerprint density at radius 1 is 1.24 bits per heavy atom. The van der Waals surface area contributed by atoms with E-state index in [-0.39, 0.29) is 16.6 Å². The minimum Gasteiger partial charge on any atom is -0.490 e. The molecule has 2 fully saturated rings. The van der Waals surface area contributed by atoms with Crippen molar-refractivity contribution in [2.75, 3.05) is 39.0 Å². The van der Waals surface area contributed by atoms with Crippen molar-refractivity contribution in [3.05, 3.63) is 24.0 Å². The van der Waals surface area contributed by atoms with Crippen LogP contribution in [-0.2, 0) is 9.84 Å². The van der Waals surface area contributed by atoms with Crippen LogP contribution in [0.15, 0.2) is 28.3 Å². The highest BCUT2D eigenvalue weighted by molar-refractivity contribution is 7.90. The number of hydrogen-bond donors (Lipinski definition) is 2. The largest absolute Gasteiger partial charge is 0.490 e. The highest BCUT2D eigenvalue weighted by Gasteiger charge is 2.29. The Kier molecular flexibility index (Phi) is 6.84. The average molecular weight is 429 g/mol. The van der Waals surface area contributed by atoms with Gasteiger partial charge in [-0.25, -0.2) is 12.8 Å². The fourth-order valence-corrected chi connectivity index (χ4v) is 4.73. The number of nitrogens with zero attached hydrogens (tertiary/aromatic N) is 3. The van der Waals surface area contributed by atoms with Crippen LogP contribution < -0.4 is 10.5 Å². The fraction of sp³-hybridized carbons (Fsp3) is 0.632.